The second-order valence-electron chi connectivity index (χ2n) is 4.34. The van der Waals surface area contributed by atoms with Crippen LogP contribution in [0.25, 0.3) is 0 Å². The van der Waals surface area contributed by atoms with E-state index in [0.29, 0.717) is 21.9 Å². The van der Waals surface area contributed by atoms with E-state index in [2.05, 4.69) is 31.2 Å². The van der Waals surface area contributed by atoms with Crippen LogP contribution >= 0.6 is 15.9 Å². The Morgan fingerprint density at radius 1 is 1.11 bits per heavy atom. The molecule has 2 aromatic rings. The fourth-order valence-electron chi connectivity index (χ4n) is 1.48. The third kappa shape index (κ3) is 3.47. The van der Waals surface area contributed by atoms with E-state index < -0.39 is 11.6 Å². The van der Waals surface area contributed by atoms with Gasteiger partial charge in [-0.25, -0.2) is 18.7 Å². The van der Waals surface area contributed by atoms with Gasteiger partial charge in [-0.3, -0.25) is 0 Å². The first kappa shape index (κ1) is 13.9. The molecule has 100 valence electrons. The lowest BCUT2D eigenvalue weighted by atomic mass is 10.2. The van der Waals surface area contributed by atoms with Crippen LogP contribution in [0, 0.1) is 11.6 Å². The van der Waals surface area contributed by atoms with Crippen LogP contribution in [-0.4, -0.2) is 9.97 Å². The van der Waals surface area contributed by atoms with Crippen LogP contribution in [0.4, 0.5) is 20.3 Å². The summed E-state index contributed by atoms with van der Waals surface area (Å²) < 4.78 is 26.6. The Bertz CT molecular complexity index is 602. The maximum atomic E-state index is 13.1. The van der Waals surface area contributed by atoms with Gasteiger partial charge in [0.1, 0.15) is 16.2 Å². The highest BCUT2D eigenvalue weighted by Crippen LogP contribution is 2.21. The monoisotopic (exact) mass is 327 g/mol. The summed E-state index contributed by atoms with van der Waals surface area (Å²) in [4.78, 5) is 8.55. The molecule has 1 aromatic carbocycles. The van der Waals surface area contributed by atoms with Crippen molar-refractivity contribution >= 4 is 27.4 Å². The molecular formula is C13H12BrF2N3. The van der Waals surface area contributed by atoms with Gasteiger partial charge in [0.2, 0.25) is 0 Å². The normalized spacial score (nSPS) is 10.8. The van der Waals surface area contributed by atoms with Gasteiger partial charge in [-0.1, -0.05) is 13.8 Å². The third-order valence-corrected chi connectivity index (χ3v) is 2.83. The summed E-state index contributed by atoms with van der Waals surface area (Å²) in [5.74, 6) is -0.418. The molecule has 0 aliphatic rings. The first-order valence-electron chi connectivity index (χ1n) is 5.72. The summed E-state index contributed by atoms with van der Waals surface area (Å²) in [7, 11) is 0. The molecule has 0 bridgehead atoms. The van der Waals surface area contributed by atoms with Crippen molar-refractivity contribution in [3.05, 3.63) is 46.3 Å². The standard InChI is InChI=1S/C13H12BrF2N3/c1-7(2)13-18-11(14)6-12(19-13)17-8-3-4-9(15)10(16)5-8/h3-7H,1-2H3,(H,17,18,19). The smallest absolute Gasteiger partial charge is 0.160 e. The van der Waals surface area contributed by atoms with E-state index in [1.165, 1.54) is 6.07 Å². The third-order valence-electron chi connectivity index (χ3n) is 2.42. The van der Waals surface area contributed by atoms with Gasteiger partial charge in [-0.2, -0.15) is 0 Å². The lowest BCUT2D eigenvalue weighted by molar-refractivity contribution is 0.509. The topological polar surface area (TPSA) is 37.8 Å². The molecule has 2 rings (SSSR count). The van der Waals surface area contributed by atoms with Gasteiger partial charge in [0.25, 0.3) is 0 Å². The lowest BCUT2D eigenvalue weighted by Gasteiger charge is -2.10. The first-order chi connectivity index (χ1) is 8.95. The van der Waals surface area contributed by atoms with Crippen molar-refractivity contribution < 1.29 is 8.78 Å². The molecule has 0 saturated carbocycles. The van der Waals surface area contributed by atoms with Gasteiger partial charge in [-0.15, -0.1) is 0 Å². The van der Waals surface area contributed by atoms with Crippen molar-refractivity contribution in [3.63, 3.8) is 0 Å². The minimum Gasteiger partial charge on any atom is -0.340 e. The summed E-state index contributed by atoms with van der Waals surface area (Å²) in [6.45, 7) is 3.95. The van der Waals surface area contributed by atoms with Crippen LogP contribution in [0.5, 0.6) is 0 Å². The maximum absolute atomic E-state index is 13.1. The van der Waals surface area contributed by atoms with E-state index in [1.54, 1.807) is 6.07 Å². The fourth-order valence-corrected chi connectivity index (χ4v) is 1.88. The van der Waals surface area contributed by atoms with Crippen LogP contribution in [-0.2, 0) is 0 Å². The highest BCUT2D eigenvalue weighted by atomic mass is 79.9. The van der Waals surface area contributed by atoms with E-state index in [-0.39, 0.29) is 5.92 Å². The average molecular weight is 328 g/mol. The van der Waals surface area contributed by atoms with Gasteiger partial charge >= 0.3 is 0 Å². The van der Waals surface area contributed by atoms with Gasteiger partial charge in [-0.05, 0) is 28.1 Å². The quantitative estimate of drug-likeness (QED) is 0.850. The van der Waals surface area contributed by atoms with Crippen LogP contribution in [0.15, 0.2) is 28.9 Å². The number of anilines is 2. The molecule has 1 aromatic heterocycles. The molecule has 0 fully saturated rings. The summed E-state index contributed by atoms with van der Waals surface area (Å²) in [5, 5.41) is 2.92. The van der Waals surface area contributed by atoms with Gasteiger partial charge in [0.05, 0.1) is 0 Å². The second-order valence-corrected chi connectivity index (χ2v) is 5.16. The van der Waals surface area contributed by atoms with Gasteiger partial charge < -0.3 is 5.32 Å². The number of nitrogens with zero attached hydrogens (tertiary/aromatic N) is 2. The molecule has 19 heavy (non-hydrogen) atoms. The van der Waals surface area contributed by atoms with Crippen LogP contribution < -0.4 is 5.32 Å². The van der Waals surface area contributed by atoms with E-state index in [9.17, 15) is 8.78 Å². The Morgan fingerprint density at radius 2 is 1.84 bits per heavy atom. The second kappa shape index (κ2) is 5.61. The fraction of sp³-hybridized carbons (Fsp3) is 0.231. The predicted octanol–water partition coefficient (Wildman–Crippen LogP) is 4.38. The van der Waals surface area contributed by atoms with E-state index in [0.717, 1.165) is 12.1 Å². The zero-order valence-electron chi connectivity index (χ0n) is 10.4. The zero-order valence-corrected chi connectivity index (χ0v) is 12.0. The number of nitrogens with one attached hydrogen (secondary N) is 1. The SMILES string of the molecule is CC(C)c1nc(Br)cc(Nc2ccc(F)c(F)c2)n1. The van der Waals surface area contributed by atoms with Crippen LogP contribution in [0.1, 0.15) is 25.6 Å². The molecule has 0 atom stereocenters. The Kier molecular flexibility index (Phi) is 4.09. The van der Waals surface area contributed by atoms with E-state index in [4.69, 9.17) is 0 Å². The number of benzene rings is 1. The Hall–Kier alpha value is -1.56. The summed E-state index contributed by atoms with van der Waals surface area (Å²) >= 11 is 3.30. The van der Waals surface area contributed by atoms with E-state index >= 15 is 0 Å². The summed E-state index contributed by atoms with van der Waals surface area (Å²) in [6, 6.07) is 5.27. The molecule has 0 unspecified atom stereocenters. The molecular weight excluding hydrogens is 316 g/mol. The molecule has 0 saturated heterocycles. The zero-order chi connectivity index (χ0) is 14.0. The number of aromatic nitrogens is 2. The number of hydrogen-bond donors (Lipinski definition) is 1. The maximum Gasteiger partial charge on any atom is 0.160 e. The van der Waals surface area contributed by atoms with Crippen molar-refractivity contribution in [2.75, 3.05) is 5.32 Å². The van der Waals surface area contributed by atoms with Crippen LogP contribution in [0.3, 0.4) is 0 Å². The predicted molar refractivity (Wildman–Crippen MR) is 73.5 cm³/mol. The highest BCUT2D eigenvalue weighted by molar-refractivity contribution is 9.10. The van der Waals surface area contributed by atoms with E-state index in [1.807, 2.05) is 13.8 Å². The minimum absolute atomic E-state index is 0.169. The Morgan fingerprint density at radius 3 is 2.47 bits per heavy atom. The summed E-state index contributed by atoms with van der Waals surface area (Å²) in [6.07, 6.45) is 0. The molecule has 1 N–H and O–H groups in total. The lowest BCUT2D eigenvalue weighted by Crippen LogP contribution is -2.02. The largest absolute Gasteiger partial charge is 0.340 e. The Balaban J connectivity index is 2.29. The molecule has 6 heteroatoms. The van der Waals surface area contributed by atoms with Crippen molar-refractivity contribution in [2.45, 2.75) is 19.8 Å². The highest BCUT2D eigenvalue weighted by Gasteiger charge is 2.08. The molecule has 3 nitrogen and oxygen atoms in total. The molecule has 0 amide bonds. The van der Waals surface area contributed by atoms with Crippen molar-refractivity contribution in [1.29, 1.82) is 0 Å². The number of rotatable bonds is 3. The van der Waals surface area contributed by atoms with Crippen molar-refractivity contribution in [3.8, 4) is 0 Å². The Labute approximate surface area is 118 Å². The molecule has 0 radical (unpaired) electrons. The van der Waals surface area contributed by atoms with Gasteiger partial charge in [0.15, 0.2) is 11.6 Å². The number of hydrogen-bond acceptors (Lipinski definition) is 3. The molecule has 0 spiro atoms. The van der Waals surface area contributed by atoms with Crippen molar-refractivity contribution in [2.24, 2.45) is 0 Å². The van der Waals surface area contributed by atoms with Gasteiger partial charge in [0, 0.05) is 23.7 Å². The average Bonchev–Trinajstić information content (AvgIpc) is 2.33. The first-order valence-corrected chi connectivity index (χ1v) is 6.51. The summed E-state index contributed by atoms with van der Waals surface area (Å²) in [5.41, 5.74) is 0.430. The van der Waals surface area contributed by atoms with Crippen LogP contribution in [0.2, 0.25) is 0 Å². The molecule has 0 aliphatic carbocycles. The number of halogens is 3. The molecule has 0 aliphatic heterocycles. The molecule has 1 heterocycles. The minimum atomic E-state index is -0.901. The van der Waals surface area contributed by atoms with Crippen molar-refractivity contribution in [1.82, 2.24) is 9.97 Å².